The summed E-state index contributed by atoms with van der Waals surface area (Å²) in [7, 11) is 0. The number of fused-ring (bicyclic) bond motifs is 4. The zero-order valence-corrected chi connectivity index (χ0v) is 14.3. The van der Waals surface area contributed by atoms with Crippen molar-refractivity contribution in [2.75, 3.05) is 0 Å². The summed E-state index contributed by atoms with van der Waals surface area (Å²) >= 11 is 0. The van der Waals surface area contributed by atoms with E-state index in [1.54, 1.807) is 0 Å². The van der Waals surface area contributed by atoms with E-state index in [0.717, 1.165) is 0 Å². The van der Waals surface area contributed by atoms with Crippen LogP contribution in [0.25, 0.3) is 59.9 Å². The molecule has 0 spiro atoms. The van der Waals surface area contributed by atoms with Crippen LogP contribution in [0.1, 0.15) is 5.56 Å². The lowest BCUT2D eigenvalue weighted by Gasteiger charge is -2.17. The van der Waals surface area contributed by atoms with Gasteiger partial charge in [0.1, 0.15) is 0 Å². The molecule has 0 radical (unpaired) electrons. The van der Waals surface area contributed by atoms with Gasteiger partial charge in [-0.25, -0.2) is 0 Å². The van der Waals surface area contributed by atoms with Crippen LogP contribution in [0, 0.1) is 0 Å². The minimum atomic E-state index is 1.20. The fourth-order valence-corrected chi connectivity index (χ4v) is 4.67. The molecule has 0 bridgehead atoms. The lowest BCUT2D eigenvalue weighted by atomic mass is 9.86. The smallest absolute Gasteiger partial charge is 0.00141 e. The molecule has 6 rings (SSSR count). The first-order valence-corrected chi connectivity index (χ1v) is 9.00. The zero-order chi connectivity index (χ0) is 17.3. The average molecular weight is 328 g/mol. The van der Waals surface area contributed by atoms with Gasteiger partial charge in [0, 0.05) is 0 Å². The molecular formula is C26H16. The minimum Gasteiger partial charge on any atom is -0.0984 e. The molecule has 0 N–H and O–H groups in total. The van der Waals surface area contributed by atoms with Gasteiger partial charge in [0.25, 0.3) is 0 Å². The lowest BCUT2D eigenvalue weighted by molar-refractivity contribution is 1.76. The van der Waals surface area contributed by atoms with Crippen molar-refractivity contribution in [1.82, 2.24) is 0 Å². The van der Waals surface area contributed by atoms with Crippen LogP contribution in [0.3, 0.4) is 0 Å². The number of rotatable bonds is 1. The van der Waals surface area contributed by atoms with Gasteiger partial charge >= 0.3 is 0 Å². The van der Waals surface area contributed by atoms with Crippen molar-refractivity contribution < 1.29 is 0 Å². The summed E-state index contributed by atoms with van der Waals surface area (Å²) in [5.74, 6) is 0. The third-order valence-corrected chi connectivity index (χ3v) is 5.74. The molecule has 6 aromatic rings. The summed E-state index contributed by atoms with van der Waals surface area (Å²) in [4.78, 5) is 0. The first-order chi connectivity index (χ1) is 12.9. The largest absolute Gasteiger partial charge is 0.0984 e. The lowest BCUT2D eigenvalue weighted by Crippen LogP contribution is -1.89. The molecule has 0 aliphatic rings. The van der Waals surface area contributed by atoms with Gasteiger partial charge in [-0.2, -0.15) is 0 Å². The van der Waals surface area contributed by atoms with Crippen molar-refractivity contribution in [2.24, 2.45) is 0 Å². The van der Waals surface area contributed by atoms with E-state index >= 15 is 0 Å². The maximum absolute atomic E-state index is 4.02. The van der Waals surface area contributed by atoms with Crippen molar-refractivity contribution in [2.45, 2.75) is 0 Å². The monoisotopic (exact) mass is 328 g/mol. The Kier molecular flexibility index (Phi) is 2.58. The SMILES string of the molecule is C=Cc1ccc2c3cccc4cc5ccccc5c(c5cccc1c25)c43. The number of hydrogen-bond donors (Lipinski definition) is 0. The zero-order valence-electron chi connectivity index (χ0n) is 14.3. The van der Waals surface area contributed by atoms with Crippen LogP contribution in [0.4, 0.5) is 0 Å². The summed E-state index contributed by atoms with van der Waals surface area (Å²) in [5, 5.41) is 13.3. The molecule has 0 unspecified atom stereocenters. The summed E-state index contributed by atoms with van der Waals surface area (Å²) in [5.41, 5.74) is 1.20. The highest BCUT2D eigenvalue weighted by atomic mass is 14.2. The molecule has 0 aliphatic heterocycles. The molecule has 0 atom stereocenters. The third-order valence-electron chi connectivity index (χ3n) is 5.74. The molecule has 0 nitrogen and oxygen atoms in total. The summed E-state index contributed by atoms with van der Waals surface area (Å²) < 4.78 is 0. The Hall–Kier alpha value is -3.38. The predicted molar refractivity (Wildman–Crippen MR) is 115 cm³/mol. The Labute approximate surface area is 151 Å². The van der Waals surface area contributed by atoms with E-state index < -0.39 is 0 Å². The molecule has 26 heavy (non-hydrogen) atoms. The first kappa shape index (κ1) is 13.9. The third kappa shape index (κ3) is 1.59. The second kappa shape index (κ2) is 4.83. The van der Waals surface area contributed by atoms with Crippen LogP contribution in [0.2, 0.25) is 0 Å². The van der Waals surface area contributed by atoms with Crippen molar-refractivity contribution in [3.63, 3.8) is 0 Å². The molecule has 0 saturated heterocycles. The molecule has 0 aromatic heterocycles. The van der Waals surface area contributed by atoms with Gasteiger partial charge in [-0.15, -0.1) is 0 Å². The second-order valence-corrected chi connectivity index (χ2v) is 7.01. The average Bonchev–Trinajstić information content (AvgIpc) is 2.70. The Morgan fingerprint density at radius 2 is 1.19 bits per heavy atom. The van der Waals surface area contributed by atoms with Crippen LogP contribution in [0.5, 0.6) is 0 Å². The topological polar surface area (TPSA) is 0 Å². The Bertz CT molecular complexity index is 1480. The highest BCUT2D eigenvalue weighted by Crippen LogP contribution is 2.43. The van der Waals surface area contributed by atoms with E-state index in [0.29, 0.717) is 0 Å². The van der Waals surface area contributed by atoms with Crippen LogP contribution >= 0.6 is 0 Å². The van der Waals surface area contributed by atoms with Gasteiger partial charge in [0.2, 0.25) is 0 Å². The fraction of sp³-hybridized carbons (Fsp3) is 0. The van der Waals surface area contributed by atoms with Gasteiger partial charge in [0.15, 0.2) is 0 Å². The molecule has 0 amide bonds. The van der Waals surface area contributed by atoms with Crippen molar-refractivity contribution in [1.29, 1.82) is 0 Å². The van der Waals surface area contributed by atoms with E-state index in [4.69, 9.17) is 0 Å². The number of hydrogen-bond acceptors (Lipinski definition) is 0. The quantitative estimate of drug-likeness (QED) is 0.216. The van der Waals surface area contributed by atoms with Crippen molar-refractivity contribution >= 4 is 59.9 Å². The maximum atomic E-state index is 4.02. The van der Waals surface area contributed by atoms with E-state index in [-0.39, 0.29) is 0 Å². The van der Waals surface area contributed by atoms with Crippen molar-refractivity contribution in [3.8, 4) is 0 Å². The summed E-state index contributed by atoms with van der Waals surface area (Å²) in [6.45, 7) is 4.02. The molecule has 0 fully saturated rings. The minimum absolute atomic E-state index is 1.20. The summed E-state index contributed by atoms with van der Waals surface area (Å²) in [6.07, 6.45) is 1.96. The molecule has 0 aliphatic carbocycles. The first-order valence-electron chi connectivity index (χ1n) is 9.00. The highest BCUT2D eigenvalue weighted by molar-refractivity contribution is 6.38. The van der Waals surface area contributed by atoms with Crippen LogP contribution in [-0.4, -0.2) is 0 Å². The fourth-order valence-electron chi connectivity index (χ4n) is 4.67. The van der Waals surface area contributed by atoms with Crippen LogP contribution in [-0.2, 0) is 0 Å². The number of benzene rings is 6. The van der Waals surface area contributed by atoms with Crippen LogP contribution in [0.15, 0.2) is 85.4 Å². The second-order valence-electron chi connectivity index (χ2n) is 7.01. The van der Waals surface area contributed by atoms with Gasteiger partial charge in [0.05, 0.1) is 0 Å². The van der Waals surface area contributed by atoms with Gasteiger partial charge in [-0.05, 0) is 65.5 Å². The standard InChI is InChI=1S/C26H16/c1-2-16-13-14-22-21-11-5-8-18-15-17-7-3-4-9-20(17)26(24(18)21)23-12-6-10-19(16)25(22)23/h2-15H,1H2. The molecular weight excluding hydrogens is 312 g/mol. The van der Waals surface area contributed by atoms with E-state index in [1.807, 2.05) is 6.08 Å². The van der Waals surface area contributed by atoms with Crippen molar-refractivity contribution in [3.05, 3.63) is 91.0 Å². The van der Waals surface area contributed by atoms with Gasteiger partial charge in [-0.1, -0.05) is 85.5 Å². The molecule has 120 valence electrons. The molecule has 6 aromatic carbocycles. The maximum Gasteiger partial charge on any atom is -0.00141 e. The Morgan fingerprint density at radius 3 is 2.12 bits per heavy atom. The van der Waals surface area contributed by atoms with Gasteiger partial charge in [-0.3, -0.25) is 0 Å². The molecule has 0 heterocycles. The van der Waals surface area contributed by atoms with Crippen LogP contribution < -0.4 is 0 Å². The molecule has 0 saturated carbocycles. The normalized spacial score (nSPS) is 12.0. The Morgan fingerprint density at radius 1 is 0.500 bits per heavy atom. The predicted octanol–water partition coefficient (Wildman–Crippen LogP) is 7.53. The van der Waals surface area contributed by atoms with E-state index in [1.165, 1.54) is 59.4 Å². The molecule has 0 heteroatoms. The Balaban J connectivity index is 2.10. The van der Waals surface area contributed by atoms with E-state index in [9.17, 15) is 0 Å². The van der Waals surface area contributed by atoms with Gasteiger partial charge < -0.3 is 0 Å². The highest BCUT2D eigenvalue weighted by Gasteiger charge is 2.15. The summed E-state index contributed by atoms with van der Waals surface area (Å²) in [6, 6.07) is 28.8. The van der Waals surface area contributed by atoms with E-state index in [2.05, 4.69) is 85.4 Å².